The SMILES string of the molecule is O=CN(CC(=O)O)c1nc(Cl)c2nc(Cl)ccc2c1O. The first kappa shape index (κ1) is 14.3. The number of aromatic hydroxyl groups is 1. The molecule has 0 radical (unpaired) electrons. The number of amides is 1. The number of aliphatic carboxylic acids is 1. The molecule has 1 amide bonds. The molecule has 2 rings (SSSR count). The number of fused-ring (bicyclic) bond motifs is 1. The first-order chi connectivity index (χ1) is 9.43. The van der Waals surface area contributed by atoms with E-state index in [1.54, 1.807) is 0 Å². The molecule has 0 spiro atoms. The molecule has 2 N–H and O–H groups in total. The van der Waals surface area contributed by atoms with Crippen molar-refractivity contribution >= 4 is 52.3 Å². The van der Waals surface area contributed by atoms with Gasteiger partial charge in [0.25, 0.3) is 0 Å². The molecule has 9 heteroatoms. The lowest BCUT2D eigenvalue weighted by atomic mass is 10.2. The Hall–Kier alpha value is -2.12. The van der Waals surface area contributed by atoms with Crippen LogP contribution in [-0.2, 0) is 9.59 Å². The van der Waals surface area contributed by atoms with Gasteiger partial charge in [0, 0.05) is 5.39 Å². The van der Waals surface area contributed by atoms with Crippen LogP contribution in [0.15, 0.2) is 12.1 Å². The first-order valence-corrected chi connectivity index (χ1v) is 5.98. The summed E-state index contributed by atoms with van der Waals surface area (Å²) in [5.41, 5.74) is 0.154. The summed E-state index contributed by atoms with van der Waals surface area (Å²) < 4.78 is 0. The van der Waals surface area contributed by atoms with Crippen LogP contribution in [0.3, 0.4) is 0 Å². The Kier molecular flexibility index (Phi) is 3.91. The minimum atomic E-state index is -1.26. The Balaban J connectivity index is 2.66. The van der Waals surface area contributed by atoms with Gasteiger partial charge in [0.1, 0.15) is 17.2 Å². The molecule has 0 saturated carbocycles. The lowest BCUT2D eigenvalue weighted by Gasteiger charge is -2.16. The number of carboxylic acids is 1. The van der Waals surface area contributed by atoms with Crippen molar-refractivity contribution in [3.05, 3.63) is 22.4 Å². The van der Waals surface area contributed by atoms with E-state index in [1.807, 2.05) is 0 Å². The third-order valence-electron chi connectivity index (χ3n) is 2.43. The fraction of sp³-hybridized carbons (Fsp3) is 0.0909. The quantitative estimate of drug-likeness (QED) is 0.657. The predicted molar refractivity (Wildman–Crippen MR) is 72.3 cm³/mol. The molecule has 2 aromatic rings. The summed E-state index contributed by atoms with van der Waals surface area (Å²) in [7, 11) is 0. The van der Waals surface area contributed by atoms with Gasteiger partial charge in [0.2, 0.25) is 6.41 Å². The van der Waals surface area contributed by atoms with Crippen LogP contribution in [0, 0.1) is 0 Å². The van der Waals surface area contributed by atoms with Gasteiger partial charge in [-0.1, -0.05) is 23.2 Å². The lowest BCUT2D eigenvalue weighted by molar-refractivity contribution is -0.136. The summed E-state index contributed by atoms with van der Waals surface area (Å²) in [5.74, 6) is -1.92. The van der Waals surface area contributed by atoms with Crippen molar-refractivity contribution in [2.45, 2.75) is 0 Å². The molecule has 0 aliphatic rings. The van der Waals surface area contributed by atoms with Crippen molar-refractivity contribution in [1.29, 1.82) is 0 Å². The van der Waals surface area contributed by atoms with Gasteiger partial charge in [0.05, 0.1) is 0 Å². The largest absolute Gasteiger partial charge is 0.504 e. The number of rotatable bonds is 4. The number of aromatic nitrogens is 2. The van der Waals surface area contributed by atoms with Gasteiger partial charge in [-0.05, 0) is 12.1 Å². The molecule has 0 saturated heterocycles. The summed E-state index contributed by atoms with van der Waals surface area (Å²) in [6.07, 6.45) is 0.238. The van der Waals surface area contributed by atoms with Crippen LogP contribution in [0.25, 0.3) is 10.9 Å². The Labute approximate surface area is 122 Å². The lowest BCUT2D eigenvalue weighted by Crippen LogP contribution is -2.29. The normalized spacial score (nSPS) is 10.5. The smallest absolute Gasteiger partial charge is 0.323 e. The number of halogens is 2. The van der Waals surface area contributed by atoms with Gasteiger partial charge in [-0.15, -0.1) is 0 Å². The third kappa shape index (κ3) is 2.59. The molecular weight excluding hydrogens is 309 g/mol. The number of pyridine rings is 2. The maximum Gasteiger partial charge on any atom is 0.323 e. The minimum absolute atomic E-state index is 0.104. The van der Waals surface area contributed by atoms with E-state index in [-0.39, 0.29) is 33.4 Å². The van der Waals surface area contributed by atoms with Crippen molar-refractivity contribution in [3.8, 4) is 5.75 Å². The fourth-order valence-corrected chi connectivity index (χ4v) is 1.98. The molecule has 0 bridgehead atoms. The number of hydrogen-bond donors (Lipinski definition) is 2. The third-order valence-corrected chi connectivity index (χ3v) is 2.91. The molecule has 0 aliphatic carbocycles. The van der Waals surface area contributed by atoms with E-state index >= 15 is 0 Å². The molecule has 0 unspecified atom stereocenters. The van der Waals surface area contributed by atoms with Crippen LogP contribution in [0.1, 0.15) is 0 Å². The van der Waals surface area contributed by atoms with Crippen LogP contribution in [0.4, 0.5) is 5.82 Å². The number of carbonyl (C=O) groups excluding carboxylic acids is 1. The zero-order valence-electron chi connectivity index (χ0n) is 9.75. The predicted octanol–water partition coefficient (Wildman–Crippen LogP) is 1.69. The summed E-state index contributed by atoms with van der Waals surface area (Å²) in [6, 6.07) is 2.87. The average molecular weight is 316 g/mol. The number of carboxylic acid groups (broad SMARTS) is 1. The summed E-state index contributed by atoms with van der Waals surface area (Å²) in [4.78, 5) is 30.0. The number of hydrogen-bond acceptors (Lipinski definition) is 5. The summed E-state index contributed by atoms with van der Waals surface area (Å²) in [5, 5.41) is 19.1. The summed E-state index contributed by atoms with van der Waals surface area (Å²) in [6.45, 7) is -0.660. The van der Waals surface area contributed by atoms with E-state index in [0.717, 1.165) is 4.90 Å². The van der Waals surface area contributed by atoms with E-state index in [9.17, 15) is 14.7 Å². The Morgan fingerprint density at radius 1 is 1.35 bits per heavy atom. The van der Waals surface area contributed by atoms with Crippen molar-refractivity contribution in [2.24, 2.45) is 0 Å². The Bertz CT molecular complexity index is 708. The fourth-order valence-electron chi connectivity index (χ4n) is 1.61. The van der Waals surface area contributed by atoms with Crippen molar-refractivity contribution in [2.75, 3.05) is 11.4 Å². The highest BCUT2D eigenvalue weighted by Gasteiger charge is 2.20. The zero-order chi connectivity index (χ0) is 14.9. The number of anilines is 1. The van der Waals surface area contributed by atoms with Crippen LogP contribution >= 0.6 is 23.2 Å². The van der Waals surface area contributed by atoms with Gasteiger partial charge >= 0.3 is 5.97 Å². The van der Waals surface area contributed by atoms with E-state index < -0.39 is 18.3 Å². The van der Waals surface area contributed by atoms with Crippen LogP contribution < -0.4 is 4.90 Å². The topological polar surface area (TPSA) is 104 Å². The molecule has 0 aromatic carbocycles. The summed E-state index contributed by atoms with van der Waals surface area (Å²) >= 11 is 11.6. The van der Waals surface area contributed by atoms with Crippen molar-refractivity contribution in [3.63, 3.8) is 0 Å². The van der Waals surface area contributed by atoms with E-state index in [2.05, 4.69) is 9.97 Å². The van der Waals surface area contributed by atoms with Gasteiger partial charge in [-0.2, -0.15) is 0 Å². The highest BCUT2D eigenvalue weighted by Crippen LogP contribution is 2.36. The molecular formula is C11H7Cl2N3O4. The van der Waals surface area contributed by atoms with E-state index in [4.69, 9.17) is 28.3 Å². The first-order valence-electron chi connectivity index (χ1n) is 5.22. The standard InChI is InChI=1S/C11H7Cl2N3O4/c12-6-2-1-5-8(14-6)10(13)15-11(9(5)20)16(4-17)3-7(18)19/h1-2,4,20H,3H2,(H,18,19). The van der Waals surface area contributed by atoms with Crippen LogP contribution in [0.2, 0.25) is 10.3 Å². The molecule has 0 aliphatic heterocycles. The molecule has 104 valence electrons. The molecule has 0 fully saturated rings. The second kappa shape index (κ2) is 5.48. The second-order valence-corrected chi connectivity index (χ2v) is 4.48. The maximum absolute atomic E-state index is 10.9. The Morgan fingerprint density at radius 2 is 2.05 bits per heavy atom. The van der Waals surface area contributed by atoms with Gasteiger partial charge < -0.3 is 10.2 Å². The molecule has 0 atom stereocenters. The van der Waals surface area contributed by atoms with E-state index in [0.29, 0.717) is 0 Å². The van der Waals surface area contributed by atoms with Gasteiger partial charge in [-0.25, -0.2) is 9.97 Å². The maximum atomic E-state index is 10.9. The average Bonchev–Trinajstić information content (AvgIpc) is 2.40. The van der Waals surface area contributed by atoms with Crippen LogP contribution in [-0.4, -0.2) is 39.1 Å². The minimum Gasteiger partial charge on any atom is -0.504 e. The molecule has 7 nitrogen and oxygen atoms in total. The molecule has 2 heterocycles. The zero-order valence-corrected chi connectivity index (χ0v) is 11.3. The van der Waals surface area contributed by atoms with Crippen LogP contribution in [0.5, 0.6) is 5.75 Å². The van der Waals surface area contributed by atoms with Crippen molar-refractivity contribution < 1.29 is 19.8 Å². The van der Waals surface area contributed by atoms with Gasteiger partial charge in [-0.3, -0.25) is 14.5 Å². The molecule has 2 aromatic heterocycles. The Morgan fingerprint density at radius 3 is 2.65 bits per heavy atom. The highest BCUT2D eigenvalue weighted by atomic mass is 35.5. The highest BCUT2D eigenvalue weighted by molar-refractivity contribution is 6.35. The second-order valence-electron chi connectivity index (χ2n) is 3.73. The number of nitrogens with zero attached hydrogens (tertiary/aromatic N) is 3. The van der Waals surface area contributed by atoms with Gasteiger partial charge in [0.15, 0.2) is 16.7 Å². The number of carbonyl (C=O) groups is 2. The monoisotopic (exact) mass is 315 g/mol. The molecule has 20 heavy (non-hydrogen) atoms. The van der Waals surface area contributed by atoms with E-state index in [1.165, 1.54) is 12.1 Å². The van der Waals surface area contributed by atoms with Crippen molar-refractivity contribution in [1.82, 2.24) is 9.97 Å².